The average Bonchev–Trinajstić information content (AvgIpc) is 2.61. The molecule has 0 atom stereocenters. The van der Waals surface area contributed by atoms with E-state index in [-0.39, 0.29) is 5.75 Å². The SMILES string of the molecule is Cn1cc(-c2cc(=S)nc(CS(C)(=O)=O)[nH]2)cn1. The number of aromatic amines is 1. The lowest BCUT2D eigenvalue weighted by Gasteiger charge is -2.03. The fourth-order valence-electron chi connectivity index (χ4n) is 1.54. The van der Waals surface area contributed by atoms with Crippen LogP contribution in [0, 0.1) is 4.64 Å². The van der Waals surface area contributed by atoms with E-state index >= 15 is 0 Å². The Labute approximate surface area is 110 Å². The summed E-state index contributed by atoms with van der Waals surface area (Å²) in [5.74, 6) is 0.175. The van der Waals surface area contributed by atoms with E-state index in [1.54, 1.807) is 24.0 Å². The molecule has 6 nitrogen and oxygen atoms in total. The van der Waals surface area contributed by atoms with Gasteiger partial charge in [0.2, 0.25) is 0 Å². The van der Waals surface area contributed by atoms with Crippen molar-refractivity contribution in [3.8, 4) is 11.3 Å². The van der Waals surface area contributed by atoms with Crippen molar-refractivity contribution in [1.82, 2.24) is 19.7 Å². The predicted molar refractivity (Wildman–Crippen MR) is 70.2 cm³/mol. The molecule has 0 fully saturated rings. The third-order valence-corrected chi connectivity index (χ3v) is 3.21. The van der Waals surface area contributed by atoms with E-state index in [9.17, 15) is 8.42 Å². The van der Waals surface area contributed by atoms with Gasteiger partial charge in [0, 0.05) is 25.1 Å². The summed E-state index contributed by atoms with van der Waals surface area (Å²) in [6, 6.07) is 1.68. The lowest BCUT2D eigenvalue weighted by molar-refractivity contribution is 0.599. The zero-order chi connectivity index (χ0) is 13.3. The van der Waals surface area contributed by atoms with E-state index in [0.29, 0.717) is 16.2 Å². The quantitative estimate of drug-likeness (QED) is 0.853. The molecule has 2 rings (SSSR count). The van der Waals surface area contributed by atoms with Crippen molar-refractivity contribution in [2.24, 2.45) is 7.05 Å². The van der Waals surface area contributed by atoms with Crippen LogP contribution in [-0.2, 0) is 22.6 Å². The number of nitrogens with one attached hydrogen (secondary N) is 1. The maximum absolute atomic E-state index is 11.3. The van der Waals surface area contributed by atoms with Gasteiger partial charge in [-0.25, -0.2) is 13.4 Å². The number of nitrogens with zero attached hydrogens (tertiary/aromatic N) is 3. The van der Waals surface area contributed by atoms with Gasteiger partial charge in [-0.15, -0.1) is 0 Å². The van der Waals surface area contributed by atoms with Crippen LogP contribution in [0.4, 0.5) is 0 Å². The molecular formula is C10H12N4O2S2. The number of H-pyrrole nitrogens is 1. The van der Waals surface area contributed by atoms with Crippen LogP contribution in [-0.4, -0.2) is 34.4 Å². The van der Waals surface area contributed by atoms with Gasteiger partial charge in [-0.3, -0.25) is 4.68 Å². The Balaban J connectivity index is 2.47. The molecule has 0 unspecified atom stereocenters. The molecule has 0 bridgehead atoms. The number of rotatable bonds is 3. The Bertz CT molecular complexity index is 730. The normalized spacial score (nSPS) is 11.7. The molecule has 96 valence electrons. The number of hydrogen-bond donors (Lipinski definition) is 1. The molecule has 2 aromatic heterocycles. The Morgan fingerprint density at radius 2 is 2.22 bits per heavy atom. The predicted octanol–water partition coefficient (Wildman–Crippen LogP) is 1.08. The molecule has 1 N–H and O–H groups in total. The maximum Gasteiger partial charge on any atom is 0.154 e. The van der Waals surface area contributed by atoms with Gasteiger partial charge < -0.3 is 4.98 Å². The molecule has 0 spiro atoms. The van der Waals surface area contributed by atoms with E-state index in [1.165, 1.54) is 0 Å². The van der Waals surface area contributed by atoms with Gasteiger partial charge in [-0.05, 0) is 6.07 Å². The monoisotopic (exact) mass is 284 g/mol. The fourth-order valence-corrected chi connectivity index (χ4v) is 2.40. The molecule has 8 heteroatoms. The van der Waals surface area contributed by atoms with E-state index in [2.05, 4.69) is 15.1 Å². The van der Waals surface area contributed by atoms with Crippen molar-refractivity contribution in [2.45, 2.75) is 5.75 Å². The molecule has 18 heavy (non-hydrogen) atoms. The van der Waals surface area contributed by atoms with E-state index < -0.39 is 9.84 Å². The van der Waals surface area contributed by atoms with Gasteiger partial charge in [0.1, 0.15) is 16.2 Å². The summed E-state index contributed by atoms with van der Waals surface area (Å²) >= 11 is 5.03. The second-order valence-corrected chi connectivity index (χ2v) is 6.61. The molecule has 0 aliphatic rings. The average molecular weight is 284 g/mol. The summed E-state index contributed by atoms with van der Waals surface area (Å²) in [6.45, 7) is 0. The van der Waals surface area contributed by atoms with Crippen LogP contribution in [0.3, 0.4) is 0 Å². The van der Waals surface area contributed by atoms with Crippen molar-refractivity contribution >= 4 is 22.1 Å². The number of hydrogen-bond acceptors (Lipinski definition) is 5. The second-order valence-electron chi connectivity index (χ2n) is 4.05. The summed E-state index contributed by atoms with van der Waals surface area (Å²) < 4.78 is 24.5. The number of aryl methyl sites for hydroxylation is 1. The molecule has 0 aliphatic heterocycles. The molecule has 0 saturated heterocycles. The van der Waals surface area contributed by atoms with Crippen LogP contribution in [0.25, 0.3) is 11.3 Å². The topological polar surface area (TPSA) is 80.6 Å². The van der Waals surface area contributed by atoms with Crippen molar-refractivity contribution in [2.75, 3.05) is 6.26 Å². The molecular weight excluding hydrogens is 272 g/mol. The Hall–Kier alpha value is -1.54. The molecule has 2 aromatic rings. The molecule has 0 radical (unpaired) electrons. The fraction of sp³-hybridized carbons (Fsp3) is 0.300. The minimum absolute atomic E-state index is 0.162. The van der Waals surface area contributed by atoms with Gasteiger partial charge in [0.05, 0.1) is 11.9 Å². The van der Waals surface area contributed by atoms with Crippen LogP contribution < -0.4 is 0 Å². The van der Waals surface area contributed by atoms with Gasteiger partial charge >= 0.3 is 0 Å². The van der Waals surface area contributed by atoms with Crippen molar-refractivity contribution < 1.29 is 8.42 Å². The first-order valence-electron chi connectivity index (χ1n) is 5.10. The summed E-state index contributed by atoms with van der Waals surface area (Å²) in [5, 5.41) is 4.05. The second kappa shape index (κ2) is 4.62. The number of sulfone groups is 1. The van der Waals surface area contributed by atoms with Crippen molar-refractivity contribution in [3.05, 3.63) is 28.9 Å². The minimum atomic E-state index is -3.15. The highest BCUT2D eigenvalue weighted by Crippen LogP contribution is 2.16. The van der Waals surface area contributed by atoms with Crippen LogP contribution in [0.2, 0.25) is 0 Å². The van der Waals surface area contributed by atoms with Gasteiger partial charge in [-0.2, -0.15) is 5.10 Å². The maximum atomic E-state index is 11.3. The highest BCUT2D eigenvalue weighted by Gasteiger charge is 2.09. The van der Waals surface area contributed by atoms with Crippen LogP contribution in [0.5, 0.6) is 0 Å². The molecule has 0 aromatic carbocycles. The highest BCUT2D eigenvalue weighted by atomic mass is 32.2. The molecule has 0 aliphatic carbocycles. The van der Waals surface area contributed by atoms with Crippen LogP contribution >= 0.6 is 12.2 Å². The zero-order valence-electron chi connectivity index (χ0n) is 9.91. The van der Waals surface area contributed by atoms with Crippen molar-refractivity contribution in [1.29, 1.82) is 0 Å². The van der Waals surface area contributed by atoms with E-state index in [0.717, 1.165) is 11.8 Å². The summed E-state index contributed by atoms with van der Waals surface area (Å²) in [5.41, 5.74) is 1.54. The summed E-state index contributed by atoms with van der Waals surface area (Å²) in [6.07, 6.45) is 4.64. The first-order chi connectivity index (χ1) is 8.33. The van der Waals surface area contributed by atoms with Crippen LogP contribution in [0.15, 0.2) is 18.5 Å². The highest BCUT2D eigenvalue weighted by molar-refractivity contribution is 7.89. The number of aromatic nitrogens is 4. The standard InChI is InChI=1S/C10H12N4O2S2/c1-14-5-7(4-11-14)8-3-10(17)13-9(12-8)6-18(2,15)16/h3-5H,6H2,1-2H3,(H,12,13,17). The first-order valence-corrected chi connectivity index (χ1v) is 7.57. The van der Waals surface area contributed by atoms with Crippen molar-refractivity contribution in [3.63, 3.8) is 0 Å². The van der Waals surface area contributed by atoms with Gasteiger partial charge in [0.25, 0.3) is 0 Å². The van der Waals surface area contributed by atoms with Gasteiger partial charge in [-0.1, -0.05) is 12.2 Å². The molecule has 2 heterocycles. The Morgan fingerprint density at radius 3 is 2.78 bits per heavy atom. The lowest BCUT2D eigenvalue weighted by atomic mass is 10.2. The Kier molecular flexibility index (Phi) is 3.31. The molecule has 0 amide bonds. The van der Waals surface area contributed by atoms with Gasteiger partial charge in [0.15, 0.2) is 9.84 Å². The largest absolute Gasteiger partial charge is 0.342 e. The van der Waals surface area contributed by atoms with E-state index in [1.807, 2.05) is 6.20 Å². The lowest BCUT2D eigenvalue weighted by Crippen LogP contribution is -2.06. The van der Waals surface area contributed by atoms with E-state index in [4.69, 9.17) is 12.2 Å². The first kappa shape index (κ1) is 12.9. The third kappa shape index (κ3) is 3.23. The zero-order valence-corrected chi connectivity index (χ0v) is 11.5. The summed E-state index contributed by atoms with van der Waals surface area (Å²) in [7, 11) is -1.35. The Morgan fingerprint density at radius 1 is 1.50 bits per heavy atom. The van der Waals surface area contributed by atoms with Crippen LogP contribution in [0.1, 0.15) is 5.82 Å². The summed E-state index contributed by atoms with van der Waals surface area (Å²) in [4.78, 5) is 6.97. The third-order valence-electron chi connectivity index (χ3n) is 2.21. The smallest absolute Gasteiger partial charge is 0.154 e. The minimum Gasteiger partial charge on any atom is -0.342 e. The molecule has 0 saturated carbocycles.